The Morgan fingerprint density at radius 2 is 2.14 bits per heavy atom. The SMILES string of the molecule is COc1ccc2c(c1)CC[C@@H]1[C@H]2CC[C@]2(C)[C@@H](O)COC[C@@H]12. The van der Waals surface area contributed by atoms with Gasteiger partial charge in [0, 0.05) is 5.41 Å². The summed E-state index contributed by atoms with van der Waals surface area (Å²) in [5, 5.41) is 10.5. The molecule has 1 saturated heterocycles. The summed E-state index contributed by atoms with van der Waals surface area (Å²) >= 11 is 0. The number of hydrogen-bond donors (Lipinski definition) is 1. The van der Waals surface area contributed by atoms with E-state index in [-0.39, 0.29) is 11.5 Å². The van der Waals surface area contributed by atoms with Gasteiger partial charge in [-0.05, 0) is 66.7 Å². The first-order chi connectivity index (χ1) is 10.6. The van der Waals surface area contributed by atoms with Crippen molar-refractivity contribution in [2.24, 2.45) is 17.3 Å². The van der Waals surface area contributed by atoms with Crippen molar-refractivity contribution in [1.29, 1.82) is 0 Å². The Morgan fingerprint density at radius 3 is 2.95 bits per heavy atom. The minimum absolute atomic E-state index is 0.0450. The Morgan fingerprint density at radius 1 is 1.27 bits per heavy atom. The van der Waals surface area contributed by atoms with E-state index in [1.165, 1.54) is 24.0 Å². The Labute approximate surface area is 132 Å². The molecule has 0 radical (unpaired) electrons. The molecular weight excluding hydrogens is 276 g/mol. The zero-order chi connectivity index (χ0) is 15.3. The van der Waals surface area contributed by atoms with Crippen LogP contribution in [0.25, 0.3) is 0 Å². The van der Waals surface area contributed by atoms with Crippen LogP contribution in [0.4, 0.5) is 0 Å². The zero-order valence-electron chi connectivity index (χ0n) is 13.5. The molecule has 1 heterocycles. The Balaban J connectivity index is 1.68. The first-order valence-electron chi connectivity index (χ1n) is 8.56. The molecule has 1 aliphatic heterocycles. The second kappa shape index (κ2) is 5.24. The van der Waals surface area contributed by atoms with Crippen molar-refractivity contribution in [3.05, 3.63) is 29.3 Å². The van der Waals surface area contributed by atoms with Crippen LogP contribution in [0, 0.1) is 17.3 Å². The molecule has 3 heteroatoms. The Bertz CT molecular complexity index is 570. The number of rotatable bonds is 1. The molecule has 0 aromatic heterocycles. The van der Waals surface area contributed by atoms with E-state index in [4.69, 9.17) is 9.47 Å². The van der Waals surface area contributed by atoms with E-state index >= 15 is 0 Å². The van der Waals surface area contributed by atoms with Crippen molar-refractivity contribution >= 4 is 0 Å². The number of benzene rings is 1. The van der Waals surface area contributed by atoms with E-state index < -0.39 is 0 Å². The van der Waals surface area contributed by atoms with Gasteiger partial charge in [-0.3, -0.25) is 0 Å². The standard InChI is InChI=1S/C19H26O3/c1-19-8-7-15-14-6-4-13(21-2)9-12(14)3-5-16(15)17(19)10-22-11-18(19)20/h4,6,9,15-18,20H,3,5,7-8,10-11H2,1-2H3/t15-,16+,17-,18-,19-/m0/s1. The highest BCUT2D eigenvalue weighted by molar-refractivity contribution is 5.40. The normalized spacial score (nSPS) is 40.3. The van der Waals surface area contributed by atoms with E-state index in [2.05, 4.69) is 25.1 Å². The van der Waals surface area contributed by atoms with Crippen LogP contribution in [0.3, 0.4) is 0 Å². The number of fused-ring (bicyclic) bond motifs is 5. The summed E-state index contributed by atoms with van der Waals surface area (Å²) in [4.78, 5) is 0. The van der Waals surface area contributed by atoms with Crippen LogP contribution in [0.2, 0.25) is 0 Å². The van der Waals surface area contributed by atoms with Crippen molar-refractivity contribution < 1.29 is 14.6 Å². The van der Waals surface area contributed by atoms with Crippen molar-refractivity contribution in [1.82, 2.24) is 0 Å². The van der Waals surface area contributed by atoms with E-state index in [0.717, 1.165) is 25.2 Å². The summed E-state index contributed by atoms with van der Waals surface area (Å²) in [7, 11) is 1.74. The van der Waals surface area contributed by atoms with Crippen LogP contribution in [-0.4, -0.2) is 31.5 Å². The van der Waals surface area contributed by atoms with Crippen molar-refractivity contribution in [2.75, 3.05) is 20.3 Å². The smallest absolute Gasteiger partial charge is 0.119 e. The van der Waals surface area contributed by atoms with E-state index in [0.29, 0.717) is 24.4 Å². The molecule has 5 atom stereocenters. The van der Waals surface area contributed by atoms with Gasteiger partial charge in [-0.1, -0.05) is 13.0 Å². The van der Waals surface area contributed by atoms with Gasteiger partial charge in [0.2, 0.25) is 0 Å². The van der Waals surface area contributed by atoms with Crippen LogP contribution < -0.4 is 4.74 Å². The highest BCUT2D eigenvalue weighted by Crippen LogP contribution is 2.57. The fourth-order valence-corrected chi connectivity index (χ4v) is 5.26. The van der Waals surface area contributed by atoms with Gasteiger partial charge in [-0.25, -0.2) is 0 Å². The van der Waals surface area contributed by atoms with Gasteiger partial charge in [0.25, 0.3) is 0 Å². The number of hydrogen-bond acceptors (Lipinski definition) is 3. The maximum atomic E-state index is 10.5. The molecule has 1 saturated carbocycles. The average molecular weight is 302 g/mol. The predicted molar refractivity (Wildman–Crippen MR) is 85.2 cm³/mol. The summed E-state index contributed by atoms with van der Waals surface area (Å²) in [6.07, 6.45) is 4.32. The molecule has 1 N–H and O–H groups in total. The van der Waals surface area contributed by atoms with Crippen LogP contribution in [0.1, 0.15) is 43.2 Å². The van der Waals surface area contributed by atoms with Gasteiger partial charge >= 0.3 is 0 Å². The van der Waals surface area contributed by atoms with Gasteiger partial charge in [0.15, 0.2) is 0 Å². The lowest BCUT2D eigenvalue weighted by Gasteiger charge is -2.55. The average Bonchev–Trinajstić information content (AvgIpc) is 2.55. The predicted octanol–water partition coefficient (Wildman–Crippen LogP) is 3.15. The third-order valence-corrected chi connectivity index (χ3v) is 6.71. The monoisotopic (exact) mass is 302 g/mol. The summed E-state index contributed by atoms with van der Waals surface area (Å²) in [6.45, 7) is 3.61. The third-order valence-electron chi connectivity index (χ3n) is 6.71. The van der Waals surface area contributed by atoms with E-state index in [1.54, 1.807) is 7.11 Å². The fourth-order valence-electron chi connectivity index (χ4n) is 5.26. The first-order valence-corrected chi connectivity index (χ1v) is 8.56. The molecule has 4 rings (SSSR count). The molecule has 22 heavy (non-hydrogen) atoms. The zero-order valence-corrected chi connectivity index (χ0v) is 13.5. The Kier molecular flexibility index (Phi) is 3.46. The largest absolute Gasteiger partial charge is 0.497 e. The molecule has 2 fully saturated rings. The van der Waals surface area contributed by atoms with Crippen molar-refractivity contribution in [3.8, 4) is 5.75 Å². The topological polar surface area (TPSA) is 38.7 Å². The van der Waals surface area contributed by atoms with Crippen molar-refractivity contribution in [2.45, 2.75) is 44.6 Å². The molecule has 1 aromatic carbocycles. The summed E-state index contributed by atoms with van der Waals surface area (Å²) in [5.74, 6) is 2.73. The van der Waals surface area contributed by atoms with Crippen LogP contribution in [-0.2, 0) is 11.2 Å². The van der Waals surface area contributed by atoms with Crippen LogP contribution >= 0.6 is 0 Å². The van der Waals surface area contributed by atoms with Gasteiger partial charge in [-0.2, -0.15) is 0 Å². The van der Waals surface area contributed by atoms with Gasteiger partial charge in [-0.15, -0.1) is 0 Å². The molecule has 1 aromatic rings. The number of aryl methyl sites for hydroxylation is 1. The summed E-state index contributed by atoms with van der Waals surface area (Å²) in [6, 6.07) is 6.58. The number of ether oxygens (including phenoxy) is 2. The lowest BCUT2D eigenvalue weighted by Crippen LogP contribution is -2.55. The van der Waals surface area contributed by atoms with Crippen molar-refractivity contribution in [3.63, 3.8) is 0 Å². The second-order valence-corrected chi connectivity index (χ2v) is 7.58. The number of aliphatic hydroxyl groups excluding tert-OH is 1. The Hall–Kier alpha value is -1.06. The highest BCUT2D eigenvalue weighted by Gasteiger charge is 2.53. The third kappa shape index (κ3) is 2.02. The molecule has 3 aliphatic rings. The lowest BCUT2D eigenvalue weighted by atomic mass is 9.53. The summed E-state index contributed by atoms with van der Waals surface area (Å²) < 4.78 is 11.1. The maximum Gasteiger partial charge on any atom is 0.119 e. The molecule has 120 valence electrons. The maximum absolute atomic E-state index is 10.5. The quantitative estimate of drug-likeness (QED) is 0.866. The van der Waals surface area contributed by atoms with Gasteiger partial charge in [0.1, 0.15) is 5.75 Å². The molecule has 0 bridgehead atoms. The lowest BCUT2D eigenvalue weighted by molar-refractivity contribution is -0.166. The molecule has 0 spiro atoms. The number of aliphatic hydroxyl groups is 1. The fraction of sp³-hybridized carbons (Fsp3) is 0.684. The molecule has 0 amide bonds. The minimum atomic E-state index is -0.301. The first kappa shape index (κ1) is 14.5. The second-order valence-electron chi connectivity index (χ2n) is 7.58. The number of methoxy groups -OCH3 is 1. The van der Waals surface area contributed by atoms with Gasteiger partial charge in [0.05, 0.1) is 26.4 Å². The summed E-state index contributed by atoms with van der Waals surface area (Å²) in [5.41, 5.74) is 3.02. The van der Waals surface area contributed by atoms with Gasteiger partial charge < -0.3 is 14.6 Å². The van der Waals surface area contributed by atoms with Crippen LogP contribution in [0.5, 0.6) is 5.75 Å². The minimum Gasteiger partial charge on any atom is -0.497 e. The van der Waals surface area contributed by atoms with Crippen LogP contribution in [0.15, 0.2) is 18.2 Å². The molecule has 2 aliphatic carbocycles. The van der Waals surface area contributed by atoms with E-state index in [9.17, 15) is 5.11 Å². The molecular formula is C19H26O3. The van der Waals surface area contributed by atoms with E-state index in [1.807, 2.05) is 0 Å². The molecule has 0 unspecified atom stereocenters. The molecule has 3 nitrogen and oxygen atoms in total. The highest BCUT2D eigenvalue weighted by atomic mass is 16.5.